The van der Waals surface area contributed by atoms with E-state index in [2.05, 4.69) is 15.3 Å². The molecule has 4 nitrogen and oxygen atoms in total. The van der Waals surface area contributed by atoms with Gasteiger partial charge in [-0.2, -0.15) is 4.98 Å². The van der Waals surface area contributed by atoms with Crippen molar-refractivity contribution >= 4 is 11.6 Å². The van der Waals surface area contributed by atoms with E-state index in [-0.39, 0.29) is 17.6 Å². The van der Waals surface area contributed by atoms with Gasteiger partial charge in [-0.25, -0.2) is 9.37 Å². The van der Waals surface area contributed by atoms with E-state index in [4.69, 9.17) is 0 Å². The summed E-state index contributed by atoms with van der Waals surface area (Å²) in [4.78, 5) is 7.93. The highest BCUT2D eigenvalue weighted by Gasteiger charge is 2.06. The zero-order valence-corrected chi connectivity index (χ0v) is 10.5. The van der Waals surface area contributed by atoms with Crippen LogP contribution >= 0.6 is 0 Å². The Bertz CT molecular complexity index is 576. The summed E-state index contributed by atoms with van der Waals surface area (Å²) in [7, 11) is 0. The lowest BCUT2D eigenvalue weighted by Gasteiger charge is -2.09. The summed E-state index contributed by atoms with van der Waals surface area (Å²) in [6.07, 6.45) is 1.52. The monoisotopic (exact) mass is 247 g/mol. The van der Waals surface area contributed by atoms with Crippen LogP contribution in [0.2, 0.25) is 0 Å². The average Bonchev–Trinajstić information content (AvgIpc) is 2.31. The van der Waals surface area contributed by atoms with Gasteiger partial charge in [0.15, 0.2) is 0 Å². The fraction of sp³-hybridized carbons (Fsp3) is 0.231. The Morgan fingerprint density at radius 1 is 1.11 bits per heavy atom. The minimum Gasteiger partial charge on any atom is -0.493 e. The van der Waals surface area contributed by atoms with Crippen LogP contribution in [0.1, 0.15) is 16.7 Å². The summed E-state index contributed by atoms with van der Waals surface area (Å²) in [6, 6.07) is 3.34. The van der Waals surface area contributed by atoms with Crippen molar-refractivity contribution in [3.8, 4) is 5.88 Å². The normalized spacial score (nSPS) is 10.4. The van der Waals surface area contributed by atoms with Crippen LogP contribution < -0.4 is 5.32 Å². The van der Waals surface area contributed by atoms with Crippen molar-refractivity contribution in [2.75, 3.05) is 5.32 Å². The van der Waals surface area contributed by atoms with Gasteiger partial charge >= 0.3 is 0 Å². The molecule has 0 unspecified atom stereocenters. The molecule has 0 aliphatic heterocycles. The van der Waals surface area contributed by atoms with Crippen LogP contribution in [0.25, 0.3) is 0 Å². The number of hydrogen-bond acceptors (Lipinski definition) is 4. The average molecular weight is 247 g/mol. The highest BCUT2D eigenvalue weighted by Crippen LogP contribution is 2.21. The molecule has 1 heterocycles. The summed E-state index contributed by atoms with van der Waals surface area (Å²) in [5.74, 6) is -0.000199. The molecule has 0 spiro atoms. The van der Waals surface area contributed by atoms with Crippen LogP contribution in [0, 0.1) is 26.6 Å². The zero-order chi connectivity index (χ0) is 13.3. The standard InChI is InChI=1S/C13H14FN3O/c1-7-4-10(5-8(2)11(7)14)16-13-15-6-9(3)12(18)17-13/h4-6H,1-3H3,(H2,15,16,17,18). The summed E-state index contributed by atoms with van der Waals surface area (Å²) >= 11 is 0. The lowest BCUT2D eigenvalue weighted by atomic mass is 10.1. The Hall–Kier alpha value is -2.17. The van der Waals surface area contributed by atoms with Crippen LogP contribution in [0.3, 0.4) is 0 Å². The molecule has 0 aliphatic rings. The third-order valence-electron chi connectivity index (χ3n) is 2.64. The summed E-state index contributed by atoms with van der Waals surface area (Å²) < 4.78 is 13.5. The van der Waals surface area contributed by atoms with E-state index >= 15 is 0 Å². The van der Waals surface area contributed by atoms with Crippen molar-refractivity contribution in [3.05, 3.63) is 40.8 Å². The number of nitrogens with one attached hydrogen (secondary N) is 1. The molecule has 2 N–H and O–H groups in total. The molecule has 2 aromatic rings. The van der Waals surface area contributed by atoms with E-state index in [9.17, 15) is 9.50 Å². The predicted molar refractivity (Wildman–Crippen MR) is 67.6 cm³/mol. The number of aryl methyl sites for hydroxylation is 3. The minimum atomic E-state index is -0.215. The van der Waals surface area contributed by atoms with Gasteiger partial charge < -0.3 is 10.4 Å². The molecule has 0 bridgehead atoms. The largest absolute Gasteiger partial charge is 0.493 e. The number of aromatic hydroxyl groups is 1. The maximum absolute atomic E-state index is 13.5. The molecule has 5 heteroatoms. The third kappa shape index (κ3) is 2.40. The SMILES string of the molecule is Cc1cnc(Nc2cc(C)c(F)c(C)c2)nc1O. The van der Waals surface area contributed by atoms with Crippen molar-refractivity contribution in [3.63, 3.8) is 0 Å². The first kappa shape index (κ1) is 12.3. The van der Waals surface area contributed by atoms with Gasteiger partial charge in [0, 0.05) is 17.4 Å². The Morgan fingerprint density at radius 2 is 1.72 bits per heavy atom. The maximum atomic E-state index is 13.5. The van der Waals surface area contributed by atoms with E-state index < -0.39 is 0 Å². The van der Waals surface area contributed by atoms with Gasteiger partial charge in [0.25, 0.3) is 0 Å². The lowest BCUT2D eigenvalue weighted by molar-refractivity contribution is 0.448. The molecule has 0 saturated heterocycles. The Kier molecular flexibility index (Phi) is 3.14. The maximum Gasteiger partial charge on any atom is 0.230 e. The number of anilines is 2. The van der Waals surface area contributed by atoms with E-state index in [0.29, 0.717) is 22.4 Å². The molecule has 0 fully saturated rings. The number of nitrogens with zero attached hydrogens (tertiary/aromatic N) is 2. The second-order valence-electron chi connectivity index (χ2n) is 4.25. The molecule has 0 aliphatic carbocycles. The lowest BCUT2D eigenvalue weighted by Crippen LogP contribution is -1.99. The summed E-state index contributed by atoms with van der Waals surface area (Å²) in [5, 5.41) is 12.4. The van der Waals surface area contributed by atoms with Gasteiger partial charge in [0.1, 0.15) is 5.82 Å². The van der Waals surface area contributed by atoms with E-state index in [1.54, 1.807) is 32.9 Å². The van der Waals surface area contributed by atoms with Crippen molar-refractivity contribution in [2.45, 2.75) is 20.8 Å². The second kappa shape index (κ2) is 4.60. The fourth-order valence-corrected chi connectivity index (χ4v) is 1.64. The van der Waals surface area contributed by atoms with Crippen molar-refractivity contribution in [1.29, 1.82) is 0 Å². The summed E-state index contributed by atoms with van der Waals surface area (Å²) in [5.41, 5.74) is 2.39. The van der Waals surface area contributed by atoms with E-state index in [1.807, 2.05) is 0 Å². The molecule has 0 saturated carbocycles. The zero-order valence-electron chi connectivity index (χ0n) is 10.5. The second-order valence-corrected chi connectivity index (χ2v) is 4.25. The van der Waals surface area contributed by atoms with Gasteiger partial charge in [-0.1, -0.05) is 0 Å². The molecule has 94 valence electrons. The van der Waals surface area contributed by atoms with Gasteiger partial charge in [-0.15, -0.1) is 0 Å². The molecule has 0 radical (unpaired) electrons. The minimum absolute atomic E-state index is 0.0666. The first-order chi connectivity index (χ1) is 8.47. The van der Waals surface area contributed by atoms with Crippen molar-refractivity contribution in [1.82, 2.24) is 9.97 Å². The molecule has 1 aromatic heterocycles. The molecule has 1 aromatic carbocycles. The van der Waals surface area contributed by atoms with Gasteiger partial charge in [-0.05, 0) is 44.0 Å². The first-order valence-electron chi connectivity index (χ1n) is 5.53. The van der Waals surface area contributed by atoms with Crippen LogP contribution in [-0.2, 0) is 0 Å². The third-order valence-corrected chi connectivity index (χ3v) is 2.64. The highest BCUT2D eigenvalue weighted by atomic mass is 19.1. The van der Waals surface area contributed by atoms with Gasteiger partial charge in [0.2, 0.25) is 11.8 Å². The Labute approximate surface area is 105 Å². The van der Waals surface area contributed by atoms with E-state index in [1.165, 1.54) is 6.20 Å². The van der Waals surface area contributed by atoms with Gasteiger partial charge in [-0.3, -0.25) is 0 Å². The molecule has 18 heavy (non-hydrogen) atoms. The first-order valence-corrected chi connectivity index (χ1v) is 5.53. The smallest absolute Gasteiger partial charge is 0.230 e. The van der Waals surface area contributed by atoms with E-state index in [0.717, 1.165) is 0 Å². The molecule has 2 rings (SSSR count). The molecule has 0 amide bonds. The molecular formula is C13H14FN3O. The highest BCUT2D eigenvalue weighted by molar-refractivity contribution is 5.56. The number of halogens is 1. The predicted octanol–water partition coefficient (Wildman–Crippen LogP) is 2.99. The number of benzene rings is 1. The number of aromatic nitrogens is 2. The Morgan fingerprint density at radius 3 is 2.28 bits per heavy atom. The number of rotatable bonds is 2. The van der Waals surface area contributed by atoms with Crippen LogP contribution in [0.15, 0.2) is 18.3 Å². The van der Waals surface area contributed by atoms with Crippen molar-refractivity contribution < 1.29 is 9.50 Å². The fourth-order valence-electron chi connectivity index (χ4n) is 1.64. The molecule has 0 atom stereocenters. The van der Waals surface area contributed by atoms with Crippen LogP contribution in [0.4, 0.5) is 16.0 Å². The van der Waals surface area contributed by atoms with Crippen molar-refractivity contribution in [2.24, 2.45) is 0 Å². The van der Waals surface area contributed by atoms with Crippen LogP contribution in [-0.4, -0.2) is 15.1 Å². The quantitative estimate of drug-likeness (QED) is 0.856. The topological polar surface area (TPSA) is 58.0 Å². The summed E-state index contributed by atoms with van der Waals surface area (Å²) in [6.45, 7) is 5.10. The van der Waals surface area contributed by atoms with Crippen LogP contribution in [0.5, 0.6) is 5.88 Å². The Balaban J connectivity index is 2.31. The molecular weight excluding hydrogens is 233 g/mol. The van der Waals surface area contributed by atoms with Gasteiger partial charge in [0.05, 0.1) is 0 Å². The number of hydrogen-bond donors (Lipinski definition) is 2.